The van der Waals surface area contributed by atoms with Gasteiger partial charge < -0.3 is 10.2 Å². The van der Waals surface area contributed by atoms with Crippen LogP contribution < -0.4 is 10.2 Å². The molecular weight excluding hydrogens is 384 g/mol. The van der Waals surface area contributed by atoms with Crippen molar-refractivity contribution in [2.75, 3.05) is 18.0 Å². The van der Waals surface area contributed by atoms with Crippen molar-refractivity contribution in [3.63, 3.8) is 0 Å². The Bertz CT molecular complexity index is 1000. The molecule has 0 spiro atoms. The van der Waals surface area contributed by atoms with E-state index in [1.54, 1.807) is 0 Å². The molecular formula is C26H30N4O. The number of hydrogen-bond acceptors (Lipinski definition) is 4. The smallest absolute Gasteiger partial charge is 0.223 e. The number of aryl methyl sites for hydroxylation is 2. The summed E-state index contributed by atoms with van der Waals surface area (Å²) in [5, 5.41) is 12.0. The van der Waals surface area contributed by atoms with Crippen LogP contribution in [0.4, 0.5) is 5.82 Å². The summed E-state index contributed by atoms with van der Waals surface area (Å²) in [5.41, 5.74) is 5.55. The van der Waals surface area contributed by atoms with E-state index in [9.17, 15) is 4.79 Å². The number of anilines is 1. The highest BCUT2D eigenvalue weighted by Gasteiger charge is 2.26. The number of piperidine rings is 1. The lowest BCUT2D eigenvalue weighted by atomic mass is 9.95. The Morgan fingerprint density at radius 3 is 2.10 bits per heavy atom. The molecule has 2 aromatic carbocycles. The zero-order valence-electron chi connectivity index (χ0n) is 18.5. The third-order valence-electron chi connectivity index (χ3n) is 6.12. The first-order chi connectivity index (χ1) is 15.0. The first-order valence-corrected chi connectivity index (χ1v) is 11.0. The van der Waals surface area contributed by atoms with E-state index >= 15 is 0 Å². The predicted octanol–water partition coefficient (Wildman–Crippen LogP) is 4.85. The normalized spacial score (nSPS) is 15.5. The number of benzene rings is 2. The minimum atomic E-state index is 0.0197. The van der Waals surface area contributed by atoms with Crippen molar-refractivity contribution >= 4 is 11.7 Å². The Kier molecular flexibility index (Phi) is 6.31. The maximum Gasteiger partial charge on any atom is 0.223 e. The van der Waals surface area contributed by atoms with Crippen molar-refractivity contribution in [3.8, 4) is 11.3 Å². The highest BCUT2D eigenvalue weighted by Crippen LogP contribution is 2.24. The van der Waals surface area contributed by atoms with E-state index in [0.717, 1.165) is 48.6 Å². The van der Waals surface area contributed by atoms with E-state index in [1.807, 2.05) is 19.1 Å². The third-order valence-corrected chi connectivity index (χ3v) is 6.12. The van der Waals surface area contributed by atoms with Gasteiger partial charge in [0.25, 0.3) is 0 Å². The fourth-order valence-electron chi connectivity index (χ4n) is 4.01. The molecule has 1 aliphatic rings. The van der Waals surface area contributed by atoms with Gasteiger partial charge in [0.15, 0.2) is 5.82 Å². The second-order valence-electron chi connectivity index (χ2n) is 8.55. The summed E-state index contributed by atoms with van der Waals surface area (Å²) in [6.45, 7) is 7.82. The highest BCUT2D eigenvalue weighted by atomic mass is 16.1. The average Bonchev–Trinajstić information content (AvgIpc) is 2.80. The summed E-state index contributed by atoms with van der Waals surface area (Å²) in [4.78, 5) is 15.0. The topological polar surface area (TPSA) is 58.1 Å². The van der Waals surface area contributed by atoms with Crippen LogP contribution in [-0.2, 0) is 4.79 Å². The van der Waals surface area contributed by atoms with Gasteiger partial charge in [-0.2, -0.15) is 0 Å². The molecule has 1 saturated heterocycles. The minimum Gasteiger partial charge on any atom is -0.355 e. The van der Waals surface area contributed by atoms with Crippen LogP contribution in [0, 0.1) is 19.8 Å². The molecule has 31 heavy (non-hydrogen) atoms. The average molecular weight is 415 g/mol. The Hall–Kier alpha value is -3.21. The maximum atomic E-state index is 12.8. The molecule has 3 aromatic rings. The van der Waals surface area contributed by atoms with E-state index < -0.39 is 0 Å². The molecule has 1 N–H and O–H groups in total. The van der Waals surface area contributed by atoms with Crippen molar-refractivity contribution in [1.82, 2.24) is 15.5 Å². The van der Waals surface area contributed by atoms with E-state index in [2.05, 4.69) is 82.8 Å². The lowest BCUT2D eigenvalue weighted by Crippen LogP contribution is -2.41. The summed E-state index contributed by atoms with van der Waals surface area (Å²) >= 11 is 0. The second-order valence-corrected chi connectivity index (χ2v) is 8.55. The van der Waals surface area contributed by atoms with Gasteiger partial charge in [0.1, 0.15) is 0 Å². The Morgan fingerprint density at radius 1 is 0.903 bits per heavy atom. The number of carbonyl (C=O) groups is 1. The number of rotatable bonds is 5. The predicted molar refractivity (Wildman–Crippen MR) is 125 cm³/mol. The summed E-state index contributed by atoms with van der Waals surface area (Å²) < 4.78 is 0. The molecule has 4 rings (SSSR count). The number of aromatic nitrogens is 2. The van der Waals surface area contributed by atoms with Crippen LogP contribution in [0.3, 0.4) is 0 Å². The quantitative estimate of drug-likeness (QED) is 0.648. The summed E-state index contributed by atoms with van der Waals surface area (Å²) in [6, 6.07) is 20.7. The SMILES string of the molecule is Cc1ccc(-c2ccc(N3CCC(C(=O)N[C@@H](C)c4ccc(C)cc4)CC3)nn2)cc1. The van der Waals surface area contributed by atoms with E-state index in [1.165, 1.54) is 11.1 Å². The van der Waals surface area contributed by atoms with Gasteiger partial charge in [0.05, 0.1) is 11.7 Å². The molecule has 1 fully saturated rings. The van der Waals surface area contributed by atoms with Crippen molar-refractivity contribution in [1.29, 1.82) is 0 Å². The van der Waals surface area contributed by atoms with Crippen LogP contribution in [0.25, 0.3) is 11.3 Å². The summed E-state index contributed by atoms with van der Waals surface area (Å²) in [6.07, 6.45) is 1.65. The summed E-state index contributed by atoms with van der Waals surface area (Å²) in [7, 11) is 0. The maximum absolute atomic E-state index is 12.8. The van der Waals surface area contributed by atoms with Crippen LogP contribution in [0.2, 0.25) is 0 Å². The lowest BCUT2D eigenvalue weighted by molar-refractivity contribution is -0.126. The monoisotopic (exact) mass is 414 g/mol. The summed E-state index contributed by atoms with van der Waals surface area (Å²) in [5.74, 6) is 1.07. The van der Waals surface area contributed by atoms with Gasteiger partial charge in [-0.15, -0.1) is 10.2 Å². The number of amides is 1. The molecule has 1 aromatic heterocycles. The van der Waals surface area contributed by atoms with Crippen LogP contribution >= 0.6 is 0 Å². The molecule has 0 unspecified atom stereocenters. The molecule has 2 heterocycles. The van der Waals surface area contributed by atoms with Crippen LogP contribution in [-0.4, -0.2) is 29.2 Å². The molecule has 0 bridgehead atoms. The van der Waals surface area contributed by atoms with Crippen molar-refractivity contribution in [3.05, 3.63) is 77.4 Å². The third kappa shape index (κ3) is 5.10. The van der Waals surface area contributed by atoms with Crippen LogP contribution in [0.15, 0.2) is 60.7 Å². The van der Waals surface area contributed by atoms with Gasteiger partial charge in [-0.05, 0) is 51.3 Å². The molecule has 0 aliphatic carbocycles. The molecule has 0 radical (unpaired) electrons. The van der Waals surface area contributed by atoms with Gasteiger partial charge >= 0.3 is 0 Å². The number of carbonyl (C=O) groups excluding carboxylic acids is 1. The van der Waals surface area contributed by atoms with Gasteiger partial charge in [-0.3, -0.25) is 4.79 Å². The van der Waals surface area contributed by atoms with E-state index in [4.69, 9.17) is 0 Å². The standard InChI is InChI=1S/C26H30N4O/c1-18-4-8-21(9-5-18)20(3)27-26(31)23-14-16-30(17-15-23)25-13-12-24(28-29-25)22-10-6-19(2)7-11-22/h4-13,20,23H,14-17H2,1-3H3,(H,27,31)/t20-/m0/s1. The number of nitrogens with zero attached hydrogens (tertiary/aromatic N) is 3. The van der Waals surface area contributed by atoms with Gasteiger partial charge in [-0.25, -0.2) is 0 Å². The van der Waals surface area contributed by atoms with Crippen molar-refractivity contribution in [2.24, 2.45) is 5.92 Å². The van der Waals surface area contributed by atoms with Crippen molar-refractivity contribution < 1.29 is 4.79 Å². The lowest BCUT2D eigenvalue weighted by Gasteiger charge is -2.32. The molecule has 0 saturated carbocycles. The Morgan fingerprint density at radius 2 is 1.52 bits per heavy atom. The molecule has 1 aliphatic heterocycles. The Balaban J connectivity index is 1.31. The largest absolute Gasteiger partial charge is 0.355 e. The van der Waals surface area contributed by atoms with Crippen molar-refractivity contribution in [2.45, 2.75) is 39.7 Å². The van der Waals surface area contributed by atoms with Crippen LogP contribution in [0.1, 0.15) is 42.5 Å². The van der Waals surface area contributed by atoms with Gasteiger partial charge in [0, 0.05) is 24.6 Å². The van der Waals surface area contributed by atoms with E-state index in [-0.39, 0.29) is 17.9 Å². The molecule has 5 nitrogen and oxygen atoms in total. The number of nitrogens with one attached hydrogen (secondary N) is 1. The first-order valence-electron chi connectivity index (χ1n) is 11.0. The molecule has 1 amide bonds. The second kappa shape index (κ2) is 9.29. The van der Waals surface area contributed by atoms with E-state index in [0.29, 0.717) is 0 Å². The molecule has 160 valence electrons. The zero-order chi connectivity index (χ0) is 21.8. The fraction of sp³-hybridized carbons (Fsp3) is 0.346. The number of hydrogen-bond donors (Lipinski definition) is 1. The van der Waals surface area contributed by atoms with Crippen LogP contribution in [0.5, 0.6) is 0 Å². The zero-order valence-corrected chi connectivity index (χ0v) is 18.5. The first kappa shape index (κ1) is 21.0. The highest BCUT2D eigenvalue weighted by molar-refractivity contribution is 5.79. The van der Waals surface area contributed by atoms with Gasteiger partial charge in [0.2, 0.25) is 5.91 Å². The molecule has 5 heteroatoms. The fourth-order valence-corrected chi connectivity index (χ4v) is 4.01. The minimum absolute atomic E-state index is 0.0197. The molecule has 1 atom stereocenters. The van der Waals surface area contributed by atoms with Gasteiger partial charge in [-0.1, -0.05) is 59.7 Å². The Labute approximate surface area is 184 Å².